The Morgan fingerprint density at radius 1 is 1.27 bits per heavy atom. The van der Waals surface area contributed by atoms with E-state index < -0.39 is 17.6 Å². The minimum absolute atomic E-state index is 0.370. The van der Waals surface area contributed by atoms with Gasteiger partial charge in [0, 0.05) is 29.1 Å². The van der Waals surface area contributed by atoms with E-state index >= 15 is 0 Å². The fourth-order valence-corrected chi connectivity index (χ4v) is 5.24. The lowest BCUT2D eigenvalue weighted by Crippen LogP contribution is -2.28. The zero-order valence-corrected chi connectivity index (χ0v) is 19.3. The summed E-state index contributed by atoms with van der Waals surface area (Å²) in [6, 6.07) is 10.0. The number of alkyl carbamates (subject to hydrolysis) is 1. The summed E-state index contributed by atoms with van der Waals surface area (Å²) in [6.45, 7) is 5.88. The molecular formula is C21H21ClFN3O2S2. The summed E-state index contributed by atoms with van der Waals surface area (Å²) in [5.41, 5.74) is 0.473. The largest absolute Gasteiger partial charge is 0.438 e. The highest BCUT2D eigenvalue weighted by Crippen LogP contribution is 2.46. The van der Waals surface area contributed by atoms with Crippen LogP contribution in [0.1, 0.15) is 31.9 Å². The van der Waals surface area contributed by atoms with Crippen LogP contribution in [-0.2, 0) is 4.74 Å². The van der Waals surface area contributed by atoms with E-state index in [1.54, 1.807) is 30.5 Å². The van der Waals surface area contributed by atoms with Crippen LogP contribution < -0.4 is 5.32 Å². The number of hydrogen-bond acceptors (Lipinski definition) is 6. The molecule has 2 aromatic heterocycles. The highest BCUT2D eigenvalue weighted by atomic mass is 35.5. The second-order valence-corrected chi connectivity index (χ2v) is 10.2. The zero-order valence-electron chi connectivity index (χ0n) is 16.9. The maximum absolute atomic E-state index is 14.6. The number of nitrogens with zero attached hydrogens (tertiary/aromatic N) is 2. The number of carbonyl (C=O) groups is 1. The third-order valence-corrected chi connectivity index (χ3v) is 6.57. The summed E-state index contributed by atoms with van der Waals surface area (Å²) < 4.78 is 21.0. The van der Waals surface area contributed by atoms with Crippen molar-refractivity contribution >= 4 is 40.8 Å². The van der Waals surface area contributed by atoms with E-state index in [1.807, 2.05) is 26.8 Å². The number of thiazole rings is 1. The van der Waals surface area contributed by atoms with E-state index in [9.17, 15) is 9.18 Å². The Kier molecular flexibility index (Phi) is 7.00. The van der Waals surface area contributed by atoms with Gasteiger partial charge >= 0.3 is 6.09 Å². The summed E-state index contributed by atoms with van der Waals surface area (Å²) in [5.74, 6) is -0.370. The topological polar surface area (TPSA) is 64.1 Å². The Labute approximate surface area is 188 Å². The SMILES string of the molecule is CNC(=O)OC(c1nc(-c2ccccc2F)c(Sc2ccc(Cl)nc2)s1)C(C)(C)C. The van der Waals surface area contributed by atoms with Crippen LogP contribution in [0, 0.1) is 11.2 Å². The maximum atomic E-state index is 14.6. The second kappa shape index (κ2) is 9.32. The molecule has 0 aliphatic heterocycles. The van der Waals surface area contributed by atoms with E-state index in [1.165, 1.54) is 36.2 Å². The lowest BCUT2D eigenvalue weighted by atomic mass is 9.89. The van der Waals surface area contributed by atoms with Gasteiger partial charge in [-0.1, -0.05) is 56.3 Å². The molecule has 3 rings (SSSR count). The van der Waals surface area contributed by atoms with Gasteiger partial charge in [0.2, 0.25) is 0 Å². The van der Waals surface area contributed by atoms with Gasteiger partial charge in [0.15, 0.2) is 6.10 Å². The van der Waals surface area contributed by atoms with Crippen molar-refractivity contribution < 1.29 is 13.9 Å². The fraction of sp³-hybridized carbons (Fsp3) is 0.286. The number of aromatic nitrogens is 2. The van der Waals surface area contributed by atoms with Gasteiger partial charge in [-0.05, 0) is 24.3 Å². The summed E-state index contributed by atoms with van der Waals surface area (Å²) >= 11 is 8.67. The number of pyridine rings is 1. The molecule has 1 N–H and O–H groups in total. The first-order chi connectivity index (χ1) is 14.2. The van der Waals surface area contributed by atoms with E-state index in [-0.39, 0.29) is 5.82 Å². The van der Waals surface area contributed by atoms with Gasteiger partial charge in [0.05, 0.1) is 9.90 Å². The van der Waals surface area contributed by atoms with Gasteiger partial charge in [-0.3, -0.25) is 0 Å². The highest BCUT2D eigenvalue weighted by Gasteiger charge is 2.34. The molecule has 0 aliphatic carbocycles. The van der Waals surface area contributed by atoms with Gasteiger partial charge in [0.1, 0.15) is 16.0 Å². The molecule has 2 heterocycles. The minimum Gasteiger partial charge on any atom is -0.438 e. The Hall–Kier alpha value is -2.16. The standard InChI is InChI=1S/C21H21ClFN3O2S2/c1-21(2,3)17(28-20(27)24-4)18-26-16(13-7-5-6-8-14(13)23)19(30-18)29-12-9-10-15(22)25-11-12/h5-11,17H,1-4H3,(H,24,27). The number of rotatable bonds is 5. The lowest BCUT2D eigenvalue weighted by Gasteiger charge is -2.28. The van der Waals surface area contributed by atoms with E-state index in [4.69, 9.17) is 21.3 Å². The number of carbonyl (C=O) groups excluding carboxylic acids is 1. The van der Waals surface area contributed by atoms with Crippen LogP contribution in [0.15, 0.2) is 51.7 Å². The molecule has 1 unspecified atom stereocenters. The zero-order chi connectivity index (χ0) is 21.9. The maximum Gasteiger partial charge on any atom is 0.407 e. The van der Waals surface area contributed by atoms with Crippen molar-refractivity contribution in [2.75, 3.05) is 7.05 Å². The number of ether oxygens (including phenoxy) is 1. The van der Waals surface area contributed by atoms with Crippen molar-refractivity contribution in [3.8, 4) is 11.3 Å². The van der Waals surface area contributed by atoms with Crippen LogP contribution in [0.3, 0.4) is 0 Å². The number of hydrogen-bond donors (Lipinski definition) is 1. The van der Waals surface area contributed by atoms with Gasteiger partial charge in [-0.15, -0.1) is 11.3 Å². The van der Waals surface area contributed by atoms with Crippen LogP contribution >= 0.6 is 34.7 Å². The quantitative estimate of drug-likeness (QED) is 0.430. The smallest absolute Gasteiger partial charge is 0.407 e. The molecule has 0 bridgehead atoms. The molecule has 0 saturated carbocycles. The molecule has 3 aromatic rings. The van der Waals surface area contributed by atoms with Crippen molar-refractivity contribution in [3.05, 3.63) is 58.6 Å². The molecule has 0 fully saturated rings. The molecule has 0 radical (unpaired) electrons. The molecule has 1 amide bonds. The number of halogens is 2. The summed E-state index contributed by atoms with van der Waals surface area (Å²) in [5, 5.41) is 3.46. The Balaban J connectivity index is 2.09. The average molecular weight is 466 g/mol. The van der Waals surface area contributed by atoms with Gasteiger partial charge in [-0.2, -0.15) is 0 Å². The van der Waals surface area contributed by atoms with Gasteiger partial charge in [0.25, 0.3) is 0 Å². The molecule has 30 heavy (non-hydrogen) atoms. The lowest BCUT2D eigenvalue weighted by molar-refractivity contribution is 0.0313. The van der Waals surface area contributed by atoms with Gasteiger partial charge < -0.3 is 10.1 Å². The van der Waals surface area contributed by atoms with Gasteiger partial charge in [-0.25, -0.2) is 19.2 Å². The monoisotopic (exact) mass is 465 g/mol. The Morgan fingerprint density at radius 3 is 2.60 bits per heavy atom. The summed E-state index contributed by atoms with van der Waals surface area (Å²) in [6.07, 6.45) is 0.499. The van der Waals surface area contributed by atoms with Crippen molar-refractivity contribution in [3.63, 3.8) is 0 Å². The van der Waals surface area contributed by atoms with E-state index in [0.717, 1.165) is 9.10 Å². The first-order valence-electron chi connectivity index (χ1n) is 9.12. The molecule has 1 aromatic carbocycles. The van der Waals surface area contributed by atoms with Crippen molar-refractivity contribution in [2.24, 2.45) is 5.41 Å². The molecular weight excluding hydrogens is 445 g/mol. The normalized spacial score (nSPS) is 12.5. The van der Waals surface area contributed by atoms with Crippen LogP contribution in [-0.4, -0.2) is 23.1 Å². The van der Waals surface area contributed by atoms with E-state index in [0.29, 0.717) is 21.4 Å². The molecule has 158 valence electrons. The first kappa shape index (κ1) is 22.5. The molecule has 0 aliphatic rings. The van der Waals surface area contributed by atoms with Crippen LogP contribution in [0.2, 0.25) is 5.15 Å². The molecule has 9 heteroatoms. The average Bonchev–Trinajstić information content (AvgIpc) is 3.10. The predicted octanol–water partition coefficient (Wildman–Crippen LogP) is 6.59. The highest BCUT2D eigenvalue weighted by molar-refractivity contribution is 8.01. The molecule has 5 nitrogen and oxygen atoms in total. The first-order valence-corrected chi connectivity index (χ1v) is 11.1. The molecule has 1 atom stereocenters. The Bertz CT molecular complexity index is 1040. The Morgan fingerprint density at radius 2 is 2.00 bits per heavy atom. The van der Waals surface area contributed by atoms with Crippen molar-refractivity contribution in [1.82, 2.24) is 15.3 Å². The van der Waals surface area contributed by atoms with Crippen LogP contribution in [0.4, 0.5) is 9.18 Å². The third kappa shape index (κ3) is 5.30. The number of amides is 1. The molecule has 0 saturated heterocycles. The third-order valence-electron chi connectivity index (χ3n) is 4.09. The predicted molar refractivity (Wildman–Crippen MR) is 119 cm³/mol. The number of nitrogens with one attached hydrogen (secondary N) is 1. The van der Waals surface area contributed by atoms with Crippen LogP contribution in [0.5, 0.6) is 0 Å². The summed E-state index contributed by atoms with van der Waals surface area (Å²) in [7, 11) is 1.50. The molecule has 0 spiro atoms. The summed E-state index contributed by atoms with van der Waals surface area (Å²) in [4.78, 5) is 21.6. The second-order valence-electron chi connectivity index (χ2n) is 7.49. The van der Waals surface area contributed by atoms with Crippen LogP contribution in [0.25, 0.3) is 11.3 Å². The van der Waals surface area contributed by atoms with Crippen molar-refractivity contribution in [2.45, 2.75) is 36.0 Å². The number of benzene rings is 1. The minimum atomic E-state index is -0.606. The fourth-order valence-electron chi connectivity index (χ4n) is 2.62. The van der Waals surface area contributed by atoms with Crippen molar-refractivity contribution in [1.29, 1.82) is 0 Å². The van der Waals surface area contributed by atoms with E-state index in [2.05, 4.69) is 10.3 Å².